The summed E-state index contributed by atoms with van der Waals surface area (Å²) in [7, 11) is 0. The maximum Gasteiger partial charge on any atom is 0.222 e. The molecule has 0 radical (unpaired) electrons. The van der Waals surface area contributed by atoms with Gasteiger partial charge in [-0.2, -0.15) is 0 Å². The van der Waals surface area contributed by atoms with E-state index in [0.29, 0.717) is 18.2 Å². The Morgan fingerprint density at radius 1 is 1.15 bits per heavy atom. The second-order valence-corrected chi connectivity index (χ2v) is 8.74. The van der Waals surface area contributed by atoms with E-state index in [2.05, 4.69) is 28.6 Å². The minimum Gasteiger partial charge on any atom is -0.355 e. The van der Waals surface area contributed by atoms with Gasteiger partial charge < -0.3 is 9.80 Å². The molecule has 2 aromatic rings. The van der Waals surface area contributed by atoms with Crippen LogP contribution < -0.4 is 4.90 Å². The summed E-state index contributed by atoms with van der Waals surface area (Å²) in [4.78, 5) is 26.4. The Morgan fingerprint density at radius 2 is 1.96 bits per heavy atom. The number of nitrogens with zero attached hydrogens (tertiary/aromatic N) is 4. The van der Waals surface area contributed by atoms with Gasteiger partial charge in [0.25, 0.3) is 0 Å². The van der Waals surface area contributed by atoms with Gasteiger partial charge in [0.1, 0.15) is 5.82 Å². The van der Waals surface area contributed by atoms with Crippen LogP contribution in [0.1, 0.15) is 46.0 Å². The fourth-order valence-corrected chi connectivity index (χ4v) is 4.56. The van der Waals surface area contributed by atoms with Crippen LogP contribution in [0.3, 0.4) is 0 Å². The molecule has 27 heavy (non-hydrogen) atoms. The molecule has 144 valence electrons. The topological polar surface area (TPSA) is 49.3 Å². The monoisotopic (exact) mass is 366 g/mol. The fourth-order valence-electron chi connectivity index (χ4n) is 4.56. The predicted octanol–water partition coefficient (Wildman–Crippen LogP) is 3.88. The highest BCUT2D eigenvalue weighted by Gasteiger charge is 2.41. The van der Waals surface area contributed by atoms with Crippen LogP contribution in [0.2, 0.25) is 0 Å². The van der Waals surface area contributed by atoms with E-state index in [1.807, 2.05) is 30.5 Å². The molecule has 1 amide bonds. The largest absolute Gasteiger partial charge is 0.355 e. The number of amides is 1. The van der Waals surface area contributed by atoms with Crippen LogP contribution in [-0.2, 0) is 4.79 Å². The molecular weight excluding hydrogens is 336 g/mol. The first-order chi connectivity index (χ1) is 13.0. The SMILES string of the molecule is CC(C)CCN1C[C@]2(CCCN(c3cnc4ccccc4n3)C2)CCC1=O. The molecule has 1 atom stereocenters. The van der Waals surface area contributed by atoms with Crippen LogP contribution in [-0.4, -0.2) is 47.0 Å². The number of para-hydroxylation sites is 2. The number of fused-ring (bicyclic) bond motifs is 1. The van der Waals surface area contributed by atoms with Gasteiger partial charge in [-0.3, -0.25) is 9.78 Å². The molecule has 1 aromatic carbocycles. The molecule has 1 spiro atoms. The van der Waals surface area contributed by atoms with Crippen LogP contribution in [0.15, 0.2) is 30.5 Å². The quantitative estimate of drug-likeness (QED) is 0.824. The number of hydrogen-bond acceptors (Lipinski definition) is 4. The molecule has 3 heterocycles. The van der Waals surface area contributed by atoms with E-state index in [4.69, 9.17) is 4.98 Å². The second kappa shape index (κ2) is 7.45. The number of aromatic nitrogens is 2. The normalized spacial score (nSPS) is 23.6. The third-order valence-corrected chi connectivity index (χ3v) is 6.15. The maximum atomic E-state index is 12.4. The Balaban J connectivity index is 1.51. The summed E-state index contributed by atoms with van der Waals surface area (Å²) in [6, 6.07) is 8.04. The molecular formula is C22H30N4O. The number of rotatable bonds is 4. The maximum absolute atomic E-state index is 12.4. The number of hydrogen-bond donors (Lipinski definition) is 0. The van der Waals surface area contributed by atoms with E-state index in [-0.39, 0.29) is 5.41 Å². The van der Waals surface area contributed by atoms with Crippen LogP contribution in [0.4, 0.5) is 5.82 Å². The van der Waals surface area contributed by atoms with Crippen molar-refractivity contribution in [3.8, 4) is 0 Å². The van der Waals surface area contributed by atoms with Crippen molar-refractivity contribution in [1.82, 2.24) is 14.9 Å². The number of piperidine rings is 2. The Morgan fingerprint density at radius 3 is 2.78 bits per heavy atom. The molecule has 0 N–H and O–H groups in total. The summed E-state index contributed by atoms with van der Waals surface area (Å²) in [6.07, 6.45) is 7.04. The summed E-state index contributed by atoms with van der Waals surface area (Å²) in [5.41, 5.74) is 2.10. The van der Waals surface area contributed by atoms with Gasteiger partial charge in [-0.1, -0.05) is 26.0 Å². The van der Waals surface area contributed by atoms with Gasteiger partial charge in [0.2, 0.25) is 5.91 Å². The van der Waals surface area contributed by atoms with Gasteiger partial charge >= 0.3 is 0 Å². The smallest absolute Gasteiger partial charge is 0.222 e. The van der Waals surface area contributed by atoms with E-state index in [1.54, 1.807) is 0 Å². The summed E-state index contributed by atoms with van der Waals surface area (Å²) in [6.45, 7) is 8.25. The first-order valence-corrected chi connectivity index (χ1v) is 10.3. The number of anilines is 1. The fraction of sp³-hybridized carbons (Fsp3) is 0.591. The van der Waals surface area contributed by atoms with E-state index < -0.39 is 0 Å². The number of likely N-dealkylation sites (tertiary alicyclic amines) is 1. The summed E-state index contributed by atoms with van der Waals surface area (Å²) in [5, 5.41) is 0. The zero-order valence-corrected chi connectivity index (χ0v) is 16.5. The van der Waals surface area contributed by atoms with Crippen molar-refractivity contribution in [2.24, 2.45) is 11.3 Å². The van der Waals surface area contributed by atoms with Crippen LogP contribution in [0.5, 0.6) is 0 Å². The zero-order valence-electron chi connectivity index (χ0n) is 16.5. The van der Waals surface area contributed by atoms with Gasteiger partial charge in [0.05, 0.1) is 17.2 Å². The van der Waals surface area contributed by atoms with Crippen molar-refractivity contribution in [3.05, 3.63) is 30.5 Å². The molecule has 5 heteroatoms. The van der Waals surface area contributed by atoms with Crippen LogP contribution >= 0.6 is 0 Å². The Labute approximate surface area is 161 Å². The lowest BCUT2D eigenvalue weighted by atomic mass is 9.73. The number of carbonyl (C=O) groups excluding carboxylic acids is 1. The zero-order chi connectivity index (χ0) is 18.9. The van der Waals surface area contributed by atoms with Gasteiger partial charge in [0.15, 0.2) is 0 Å². The average molecular weight is 367 g/mol. The lowest BCUT2D eigenvalue weighted by Gasteiger charge is -2.48. The van der Waals surface area contributed by atoms with Gasteiger partial charge in [-0.25, -0.2) is 4.98 Å². The molecule has 1 aromatic heterocycles. The minimum absolute atomic E-state index is 0.205. The molecule has 2 aliphatic heterocycles. The molecule has 0 unspecified atom stereocenters. The molecule has 0 saturated carbocycles. The van der Waals surface area contributed by atoms with Crippen molar-refractivity contribution >= 4 is 22.8 Å². The molecule has 0 bridgehead atoms. The lowest BCUT2D eigenvalue weighted by molar-refractivity contribution is -0.138. The van der Waals surface area contributed by atoms with Gasteiger partial charge in [0, 0.05) is 38.0 Å². The standard InChI is InChI=1S/C22H30N4O/c1-17(2)9-13-26-16-22(11-8-21(26)27)10-5-12-25(15-22)20-14-23-18-6-3-4-7-19(18)24-20/h3-4,6-7,14,17H,5,8-13,15-16H2,1-2H3/t22-/m1/s1. The van der Waals surface area contributed by atoms with Crippen molar-refractivity contribution in [2.45, 2.75) is 46.0 Å². The van der Waals surface area contributed by atoms with E-state index >= 15 is 0 Å². The molecule has 0 aliphatic carbocycles. The third kappa shape index (κ3) is 3.92. The number of benzene rings is 1. The molecule has 4 rings (SSSR count). The second-order valence-electron chi connectivity index (χ2n) is 8.74. The minimum atomic E-state index is 0.205. The molecule has 2 saturated heterocycles. The predicted molar refractivity (Wildman–Crippen MR) is 109 cm³/mol. The third-order valence-electron chi connectivity index (χ3n) is 6.15. The van der Waals surface area contributed by atoms with Gasteiger partial charge in [-0.15, -0.1) is 0 Å². The van der Waals surface area contributed by atoms with E-state index in [1.165, 1.54) is 6.42 Å². The molecule has 2 aliphatic rings. The Bertz CT molecular complexity index is 821. The van der Waals surface area contributed by atoms with Crippen molar-refractivity contribution < 1.29 is 4.79 Å². The Hall–Kier alpha value is -2.17. The summed E-state index contributed by atoms with van der Waals surface area (Å²) in [5.74, 6) is 1.94. The highest BCUT2D eigenvalue weighted by atomic mass is 16.2. The first-order valence-electron chi connectivity index (χ1n) is 10.3. The highest BCUT2D eigenvalue weighted by molar-refractivity contribution is 5.77. The van der Waals surface area contributed by atoms with E-state index in [9.17, 15) is 4.79 Å². The van der Waals surface area contributed by atoms with Crippen LogP contribution in [0, 0.1) is 11.3 Å². The highest BCUT2D eigenvalue weighted by Crippen LogP contribution is 2.40. The molecule has 5 nitrogen and oxygen atoms in total. The Kier molecular flexibility index (Phi) is 5.02. The summed E-state index contributed by atoms with van der Waals surface area (Å²) >= 11 is 0. The first kappa shape index (κ1) is 18.2. The molecule has 2 fully saturated rings. The van der Waals surface area contributed by atoms with Crippen molar-refractivity contribution in [1.29, 1.82) is 0 Å². The van der Waals surface area contributed by atoms with Gasteiger partial charge in [-0.05, 0) is 43.7 Å². The van der Waals surface area contributed by atoms with Crippen molar-refractivity contribution in [2.75, 3.05) is 31.1 Å². The lowest BCUT2D eigenvalue weighted by Crippen LogP contribution is -2.54. The summed E-state index contributed by atoms with van der Waals surface area (Å²) < 4.78 is 0. The van der Waals surface area contributed by atoms with Crippen molar-refractivity contribution in [3.63, 3.8) is 0 Å². The average Bonchev–Trinajstić information content (AvgIpc) is 2.68. The van der Waals surface area contributed by atoms with E-state index in [0.717, 1.165) is 62.3 Å². The number of carbonyl (C=O) groups is 1. The van der Waals surface area contributed by atoms with Crippen LogP contribution in [0.25, 0.3) is 11.0 Å².